The van der Waals surface area contributed by atoms with E-state index in [-0.39, 0.29) is 23.7 Å². The topological polar surface area (TPSA) is 59.0 Å². The Kier molecular flexibility index (Phi) is 4.39. The van der Waals surface area contributed by atoms with Crippen molar-refractivity contribution in [2.75, 3.05) is 6.54 Å². The number of hydrogen-bond acceptors (Lipinski definition) is 5. The van der Waals surface area contributed by atoms with Gasteiger partial charge in [0.05, 0.1) is 11.2 Å². The predicted molar refractivity (Wildman–Crippen MR) is 105 cm³/mol. The number of amides is 1. The summed E-state index contributed by atoms with van der Waals surface area (Å²) in [6, 6.07) is 4.75. The van der Waals surface area contributed by atoms with Crippen molar-refractivity contribution in [1.82, 2.24) is 19.9 Å². The Morgan fingerprint density at radius 3 is 2.93 bits per heavy atom. The Bertz CT molecular complexity index is 1020. The van der Waals surface area contributed by atoms with Gasteiger partial charge in [-0.15, -0.1) is 11.3 Å². The number of rotatable bonds is 2. The summed E-state index contributed by atoms with van der Waals surface area (Å²) in [6.45, 7) is 0.660. The number of nitrogens with zero attached hydrogens (tertiary/aromatic N) is 4. The molecular weight excluding hydrogens is 375 g/mol. The monoisotopic (exact) mass is 394 g/mol. The molecule has 0 unspecified atom stereocenters. The molecule has 4 heterocycles. The minimum atomic E-state index is -0.274. The van der Waals surface area contributed by atoms with E-state index in [0.717, 1.165) is 47.6 Å². The first-order valence-corrected chi connectivity index (χ1v) is 10.4. The average Bonchev–Trinajstić information content (AvgIpc) is 3.18. The first kappa shape index (κ1) is 17.4. The van der Waals surface area contributed by atoms with Crippen LogP contribution in [-0.4, -0.2) is 38.3 Å². The highest BCUT2D eigenvalue weighted by Gasteiger charge is 2.36. The van der Waals surface area contributed by atoms with Crippen LogP contribution in [0.5, 0.6) is 0 Å². The van der Waals surface area contributed by atoms with Gasteiger partial charge in [-0.25, -0.2) is 9.37 Å². The van der Waals surface area contributed by atoms with Crippen LogP contribution < -0.4 is 0 Å². The van der Waals surface area contributed by atoms with Crippen molar-refractivity contribution in [3.05, 3.63) is 64.1 Å². The molecule has 2 aromatic heterocycles. The molecule has 5 nitrogen and oxygen atoms in total. The van der Waals surface area contributed by atoms with Gasteiger partial charge in [-0.3, -0.25) is 14.8 Å². The molecule has 1 amide bonds. The van der Waals surface area contributed by atoms with Gasteiger partial charge in [-0.2, -0.15) is 0 Å². The van der Waals surface area contributed by atoms with E-state index < -0.39 is 0 Å². The van der Waals surface area contributed by atoms with Crippen LogP contribution in [0.15, 0.2) is 42.2 Å². The fourth-order valence-corrected chi connectivity index (χ4v) is 5.20. The second kappa shape index (κ2) is 7.05. The number of thiazole rings is 1. The second-order valence-electron chi connectivity index (χ2n) is 7.39. The summed E-state index contributed by atoms with van der Waals surface area (Å²) in [5.74, 6) is -0.0332. The summed E-state index contributed by atoms with van der Waals surface area (Å²) in [7, 11) is 0. The average molecular weight is 394 g/mol. The van der Waals surface area contributed by atoms with Crippen LogP contribution in [0.25, 0.3) is 11.4 Å². The molecule has 1 aromatic carbocycles. The van der Waals surface area contributed by atoms with Crippen LogP contribution in [-0.2, 0) is 6.42 Å². The number of carbonyl (C=O) groups is 1. The van der Waals surface area contributed by atoms with Crippen LogP contribution in [0, 0.1) is 5.82 Å². The van der Waals surface area contributed by atoms with Gasteiger partial charge in [0, 0.05) is 41.8 Å². The second-order valence-corrected chi connectivity index (χ2v) is 8.28. The number of piperidine rings is 1. The third-order valence-electron chi connectivity index (χ3n) is 5.71. The maximum absolute atomic E-state index is 13.6. The van der Waals surface area contributed by atoms with Gasteiger partial charge in [0.2, 0.25) is 0 Å². The molecule has 0 radical (unpaired) electrons. The van der Waals surface area contributed by atoms with Crippen LogP contribution >= 0.6 is 11.3 Å². The molecule has 142 valence electrons. The van der Waals surface area contributed by atoms with E-state index in [4.69, 9.17) is 4.98 Å². The van der Waals surface area contributed by atoms with Gasteiger partial charge >= 0.3 is 0 Å². The lowest BCUT2D eigenvalue weighted by Gasteiger charge is -2.38. The molecule has 0 spiro atoms. The first-order chi connectivity index (χ1) is 13.7. The Morgan fingerprint density at radius 2 is 2.07 bits per heavy atom. The molecule has 2 atom stereocenters. The molecule has 7 heteroatoms. The zero-order valence-electron chi connectivity index (χ0n) is 15.2. The lowest BCUT2D eigenvalue weighted by Crippen LogP contribution is -2.45. The van der Waals surface area contributed by atoms with E-state index in [1.54, 1.807) is 36.0 Å². The van der Waals surface area contributed by atoms with Crippen LogP contribution in [0.1, 0.15) is 46.1 Å². The minimum Gasteiger partial charge on any atom is -0.335 e. The van der Waals surface area contributed by atoms with Crippen molar-refractivity contribution >= 4 is 17.2 Å². The predicted octanol–water partition coefficient (Wildman–Crippen LogP) is 4.07. The summed E-state index contributed by atoms with van der Waals surface area (Å²) in [5, 5.41) is 3.05. The summed E-state index contributed by atoms with van der Waals surface area (Å²) in [4.78, 5) is 28.3. The van der Waals surface area contributed by atoms with Crippen LogP contribution in [0.3, 0.4) is 0 Å². The normalized spacial score (nSPS) is 21.8. The lowest BCUT2D eigenvalue weighted by molar-refractivity contribution is 0.0588. The zero-order chi connectivity index (χ0) is 19.1. The number of hydrogen-bond donors (Lipinski definition) is 0. The maximum atomic E-state index is 13.6. The lowest BCUT2D eigenvalue weighted by atomic mass is 9.91. The molecule has 1 saturated heterocycles. The molecule has 2 aliphatic rings. The summed E-state index contributed by atoms with van der Waals surface area (Å²) >= 11 is 1.62. The van der Waals surface area contributed by atoms with Gasteiger partial charge in [-0.1, -0.05) is 0 Å². The Balaban J connectivity index is 1.40. The van der Waals surface area contributed by atoms with Gasteiger partial charge < -0.3 is 4.90 Å². The van der Waals surface area contributed by atoms with Gasteiger partial charge in [0.25, 0.3) is 5.91 Å². The molecule has 0 saturated carbocycles. The van der Waals surface area contributed by atoms with Crippen molar-refractivity contribution in [3.8, 4) is 11.4 Å². The smallest absolute Gasteiger partial charge is 0.254 e. The quantitative estimate of drug-likeness (QED) is 0.657. The largest absolute Gasteiger partial charge is 0.335 e. The van der Waals surface area contributed by atoms with Crippen LogP contribution in [0.2, 0.25) is 0 Å². The van der Waals surface area contributed by atoms with Gasteiger partial charge in [0.15, 0.2) is 0 Å². The number of aryl methyl sites for hydroxylation is 1. The molecule has 0 aliphatic carbocycles. The van der Waals surface area contributed by atoms with Crippen molar-refractivity contribution < 1.29 is 9.18 Å². The van der Waals surface area contributed by atoms with E-state index in [1.165, 1.54) is 12.1 Å². The van der Waals surface area contributed by atoms with Crippen molar-refractivity contribution in [2.24, 2.45) is 0 Å². The van der Waals surface area contributed by atoms with E-state index in [0.29, 0.717) is 12.1 Å². The fraction of sp³-hybridized carbons (Fsp3) is 0.333. The Labute approximate surface area is 166 Å². The van der Waals surface area contributed by atoms with E-state index in [9.17, 15) is 9.18 Å². The Hall–Kier alpha value is -2.67. The number of halogens is 1. The van der Waals surface area contributed by atoms with Crippen molar-refractivity contribution in [1.29, 1.82) is 0 Å². The molecule has 2 aliphatic heterocycles. The molecular formula is C21H19FN4OS. The summed E-state index contributed by atoms with van der Waals surface area (Å²) < 4.78 is 13.6. The molecule has 0 N–H and O–H groups in total. The van der Waals surface area contributed by atoms with E-state index >= 15 is 0 Å². The zero-order valence-corrected chi connectivity index (χ0v) is 16.0. The van der Waals surface area contributed by atoms with E-state index in [1.807, 2.05) is 10.3 Å². The fourth-order valence-electron chi connectivity index (χ4n) is 4.26. The molecule has 5 rings (SSSR count). The van der Waals surface area contributed by atoms with Crippen molar-refractivity contribution in [3.63, 3.8) is 0 Å². The standard InChI is InChI=1S/C21H19FN4OS/c22-15-3-6-17-13(9-15)1-4-16-5-2-14(11-26(16)21(17)27)20-25-19(12-28-20)18-10-23-7-8-24-18/h3,6-10,12,14,16H,1-2,4-5,11H2/t14-,16+/m0/s1. The third kappa shape index (κ3) is 3.09. The molecule has 28 heavy (non-hydrogen) atoms. The number of fused-ring (bicyclic) bond motifs is 2. The van der Waals surface area contributed by atoms with Gasteiger partial charge in [0.1, 0.15) is 17.2 Å². The highest BCUT2D eigenvalue weighted by Crippen LogP contribution is 2.37. The van der Waals surface area contributed by atoms with Crippen LogP contribution in [0.4, 0.5) is 4.39 Å². The number of benzene rings is 1. The SMILES string of the molecule is O=C1c2ccc(F)cc2CC[C@@H]2CC[C@H](c3nc(-c4cnccn4)cs3)CN12. The Morgan fingerprint density at radius 1 is 1.14 bits per heavy atom. The summed E-state index contributed by atoms with van der Waals surface area (Å²) in [6.07, 6.45) is 8.61. The highest BCUT2D eigenvalue weighted by atomic mass is 32.1. The molecule has 0 bridgehead atoms. The number of aromatic nitrogens is 3. The minimum absolute atomic E-state index is 0.0212. The maximum Gasteiger partial charge on any atom is 0.254 e. The number of carbonyl (C=O) groups excluding carboxylic acids is 1. The molecule has 1 fully saturated rings. The van der Waals surface area contributed by atoms with Crippen molar-refractivity contribution in [2.45, 2.75) is 37.6 Å². The highest BCUT2D eigenvalue weighted by molar-refractivity contribution is 7.10. The summed E-state index contributed by atoms with van der Waals surface area (Å²) in [5.41, 5.74) is 3.07. The van der Waals surface area contributed by atoms with E-state index in [2.05, 4.69) is 9.97 Å². The third-order valence-corrected chi connectivity index (χ3v) is 6.72. The molecule has 3 aromatic rings. The van der Waals surface area contributed by atoms with Gasteiger partial charge in [-0.05, 0) is 49.4 Å². The first-order valence-electron chi connectivity index (χ1n) is 9.50.